The van der Waals surface area contributed by atoms with E-state index in [0.29, 0.717) is 11.5 Å². The Kier molecular flexibility index (Phi) is 3.46. The number of carbonyl (C=O) groups is 1. The molecule has 1 heterocycles. The number of rotatable bonds is 4. The molecule has 1 aromatic heterocycles. The van der Waals surface area contributed by atoms with Gasteiger partial charge in [0.05, 0.1) is 0 Å². The van der Waals surface area contributed by atoms with Gasteiger partial charge in [-0.2, -0.15) is 0 Å². The van der Waals surface area contributed by atoms with Gasteiger partial charge in [-0.3, -0.25) is 0 Å². The van der Waals surface area contributed by atoms with Crippen LogP contribution in [0, 0.1) is 6.92 Å². The molecule has 0 unspecified atom stereocenters. The van der Waals surface area contributed by atoms with Gasteiger partial charge in [-0.25, -0.2) is 9.78 Å². The molecule has 0 atom stereocenters. The zero-order valence-corrected chi connectivity index (χ0v) is 10.5. The first-order valence-electron chi connectivity index (χ1n) is 6.01. The van der Waals surface area contributed by atoms with Gasteiger partial charge in [0.25, 0.3) is 0 Å². The van der Waals surface area contributed by atoms with Crippen LogP contribution in [0.5, 0.6) is 0 Å². The van der Waals surface area contributed by atoms with Crippen LogP contribution in [-0.4, -0.2) is 21.0 Å². The first kappa shape index (κ1) is 12.4. The number of imidazole rings is 1. The summed E-state index contributed by atoms with van der Waals surface area (Å²) in [4.78, 5) is 18.1. The van der Waals surface area contributed by atoms with E-state index in [1.54, 1.807) is 6.92 Å². The summed E-state index contributed by atoms with van der Waals surface area (Å²) < 4.78 is 0. The Morgan fingerprint density at radius 2 is 2.00 bits per heavy atom. The second-order valence-corrected chi connectivity index (χ2v) is 4.30. The molecule has 0 saturated carbocycles. The van der Waals surface area contributed by atoms with Crippen LogP contribution in [0.1, 0.15) is 35.2 Å². The van der Waals surface area contributed by atoms with Gasteiger partial charge in [0.1, 0.15) is 11.5 Å². The number of aryl methyl sites for hydroxylation is 2. The van der Waals surface area contributed by atoms with Gasteiger partial charge in [0, 0.05) is 5.56 Å². The standard InChI is InChI=1S/C14H16N2O2/c1-3-4-10-5-7-11(8-6-10)12-13(14(17)18)16-9(2)15-12/h5-8H,3-4H2,1-2H3,(H,15,16)(H,17,18). The predicted octanol–water partition coefficient (Wildman–Crippen LogP) is 3.04. The zero-order chi connectivity index (χ0) is 13.1. The van der Waals surface area contributed by atoms with Crippen molar-refractivity contribution in [2.45, 2.75) is 26.7 Å². The molecule has 1 aromatic carbocycles. The first-order valence-corrected chi connectivity index (χ1v) is 6.01. The molecule has 0 fully saturated rings. The van der Waals surface area contributed by atoms with Crippen molar-refractivity contribution < 1.29 is 9.90 Å². The molecular formula is C14H16N2O2. The summed E-state index contributed by atoms with van der Waals surface area (Å²) in [6.07, 6.45) is 2.13. The van der Waals surface area contributed by atoms with Crippen LogP contribution in [-0.2, 0) is 6.42 Å². The molecule has 0 aliphatic rings. The summed E-state index contributed by atoms with van der Waals surface area (Å²) in [7, 11) is 0. The summed E-state index contributed by atoms with van der Waals surface area (Å²) in [5.41, 5.74) is 2.74. The maximum Gasteiger partial charge on any atom is 0.354 e. The third kappa shape index (κ3) is 2.42. The fraction of sp³-hybridized carbons (Fsp3) is 0.286. The average molecular weight is 244 g/mol. The highest BCUT2D eigenvalue weighted by molar-refractivity contribution is 5.92. The van der Waals surface area contributed by atoms with Crippen LogP contribution in [0.2, 0.25) is 0 Å². The zero-order valence-electron chi connectivity index (χ0n) is 10.5. The number of hydrogen-bond acceptors (Lipinski definition) is 2. The van der Waals surface area contributed by atoms with Gasteiger partial charge in [0.15, 0.2) is 5.69 Å². The molecule has 0 amide bonds. The van der Waals surface area contributed by atoms with E-state index in [-0.39, 0.29) is 5.69 Å². The highest BCUT2D eigenvalue weighted by Gasteiger charge is 2.16. The maximum atomic E-state index is 11.1. The average Bonchev–Trinajstić information content (AvgIpc) is 2.73. The molecule has 0 aliphatic heterocycles. The minimum Gasteiger partial charge on any atom is -0.477 e. The molecule has 2 aromatic rings. The van der Waals surface area contributed by atoms with Crippen molar-refractivity contribution >= 4 is 5.97 Å². The SMILES string of the molecule is CCCc1ccc(-c2nc(C)[nH]c2C(=O)O)cc1. The van der Waals surface area contributed by atoms with Crippen molar-refractivity contribution in [2.24, 2.45) is 0 Å². The lowest BCUT2D eigenvalue weighted by molar-refractivity contribution is 0.0692. The molecule has 0 aliphatic carbocycles. The molecule has 4 heteroatoms. The Balaban J connectivity index is 2.39. The third-order valence-corrected chi connectivity index (χ3v) is 2.80. The minimum atomic E-state index is -0.983. The minimum absolute atomic E-state index is 0.149. The molecule has 0 saturated heterocycles. The van der Waals surface area contributed by atoms with Gasteiger partial charge in [-0.05, 0) is 18.9 Å². The molecule has 4 nitrogen and oxygen atoms in total. The van der Waals surface area contributed by atoms with Gasteiger partial charge in [0.2, 0.25) is 0 Å². The second-order valence-electron chi connectivity index (χ2n) is 4.30. The Hall–Kier alpha value is -2.10. The van der Waals surface area contributed by atoms with Crippen LogP contribution in [0.25, 0.3) is 11.3 Å². The topological polar surface area (TPSA) is 66.0 Å². The fourth-order valence-electron chi connectivity index (χ4n) is 1.97. The van der Waals surface area contributed by atoms with Crippen LogP contribution >= 0.6 is 0 Å². The van der Waals surface area contributed by atoms with Crippen LogP contribution in [0.3, 0.4) is 0 Å². The van der Waals surface area contributed by atoms with E-state index in [4.69, 9.17) is 5.11 Å². The Bertz CT molecular complexity index is 556. The third-order valence-electron chi connectivity index (χ3n) is 2.80. The van der Waals surface area contributed by atoms with Gasteiger partial charge in [-0.1, -0.05) is 37.6 Å². The summed E-state index contributed by atoms with van der Waals surface area (Å²) >= 11 is 0. The molecular weight excluding hydrogens is 228 g/mol. The van der Waals surface area contributed by atoms with E-state index in [1.165, 1.54) is 5.56 Å². The smallest absolute Gasteiger partial charge is 0.354 e. The number of nitrogens with zero attached hydrogens (tertiary/aromatic N) is 1. The largest absolute Gasteiger partial charge is 0.477 e. The number of benzene rings is 1. The Labute approximate surface area is 106 Å². The number of hydrogen-bond donors (Lipinski definition) is 2. The number of aromatic carboxylic acids is 1. The van der Waals surface area contributed by atoms with Crippen molar-refractivity contribution in [3.63, 3.8) is 0 Å². The molecule has 2 N–H and O–H groups in total. The summed E-state index contributed by atoms with van der Waals surface area (Å²) in [6, 6.07) is 7.89. The van der Waals surface area contributed by atoms with E-state index in [2.05, 4.69) is 16.9 Å². The van der Waals surface area contributed by atoms with E-state index in [1.807, 2.05) is 24.3 Å². The summed E-state index contributed by atoms with van der Waals surface area (Å²) in [5.74, 6) is -0.372. The van der Waals surface area contributed by atoms with Crippen molar-refractivity contribution in [3.8, 4) is 11.3 Å². The van der Waals surface area contributed by atoms with Crippen LogP contribution in [0.15, 0.2) is 24.3 Å². The number of carboxylic acid groups (broad SMARTS) is 1. The molecule has 94 valence electrons. The lowest BCUT2D eigenvalue weighted by Gasteiger charge is -2.02. The lowest BCUT2D eigenvalue weighted by Crippen LogP contribution is -1.99. The molecule has 2 rings (SSSR count). The number of aromatic amines is 1. The molecule has 0 bridgehead atoms. The van der Waals surface area contributed by atoms with Gasteiger partial charge in [-0.15, -0.1) is 0 Å². The number of aromatic nitrogens is 2. The van der Waals surface area contributed by atoms with E-state index in [9.17, 15) is 4.79 Å². The summed E-state index contributed by atoms with van der Waals surface area (Å²) in [6.45, 7) is 3.88. The van der Waals surface area contributed by atoms with Crippen molar-refractivity contribution in [1.82, 2.24) is 9.97 Å². The van der Waals surface area contributed by atoms with Gasteiger partial charge >= 0.3 is 5.97 Å². The Morgan fingerprint density at radius 3 is 2.56 bits per heavy atom. The Morgan fingerprint density at radius 1 is 1.33 bits per heavy atom. The van der Waals surface area contributed by atoms with Crippen LogP contribution < -0.4 is 0 Å². The second kappa shape index (κ2) is 5.04. The van der Waals surface area contributed by atoms with E-state index in [0.717, 1.165) is 18.4 Å². The van der Waals surface area contributed by atoms with Crippen molar-refractivity contribution in [1.29, 1.82) is 0 Å². The van der Waals surface area contributed by atoms with Gasteiger partial charge < -0.3 is 10.1 Å². The van der Waals surface area contributed by atoms with E-state index >= 15 is 0 Å². The lowest BCUT2D eigenvalue weighted by atomic mass is 10.1. The fourth-order valence-corrected chi connectivity index (χ4v) is 1.97. The molecule has 0 radical (unpaired) electrons. The highest BCUT2D eigenvalue weighted by Crippen LogP contribution is 2.22. The van der Waals surface area contributed by atoms with E-state index < -0.39 is 5.97 Å². The number of H-pyrrole nitrogens is 1. The maximum absolute atomic E-state index is 11.1. The number of nitrogens with one attached hydrogen (secondary N) is 1. The predicted molar refractivity (Wildman–Crippen MR) is 69.7 cm³/mol. The monoisotopic (exact) mass is 244 g/mol. The normalized spacial score (nSPS) is 10.6. The highest BCUT2D eigenvalue weighted by atomic mass is 16.4. The quantitative estimate of drug-likeness (QED) is 0.868. The van der Waals surface area contributed by atoms with Crippen molar-refractivity contribution in [3.05, 3.63) is 41.3 Å². The molecule has 18 heavy (non-hydrogen) atoms. The molecule has 0 spiro atoms. The first-order chi connectivity index (χ1) is 8.61. The van der Waals surface area contributed by atoms with Crippen LogP contribution in [0.4, 0.5) is 0 Å². The number of carboxylic acids is 1. The van der Waals surface area contributed by atoms with Crippen molar-refractivity contribution in [2.75, 3.05) is 0 Å². The summed E-state index contributed by atoms with van der Waals surface area (Å²) in [5, 5.41) is 9.11.